The van der Waals surface area contributed by atoms with Gasteiger partial charge >= 0.3 is 0 Å². The van der Waals surface area contributed by atoms with Crippen molar-refractivity contribution in [2.24, 2.45) is 7.05 Å². The number of benzene rings is 1. The number of halogens is 1. The molecule has 0 amide bonds. The van der Waals surface area contributed by atoms with Crippen molar-refractivity contribution in [3.63, 3.8) is 0 Å². The van der Waals surface area contributed by atoms with Crippen molar-refractivity contribution < 1.29 is 4.39 Å². The number of aryl methyl sites for hydroxylation is 1. The molecular weight excluding hydrogens is 209 g/mol. The first-order chi connectivity index (χ1) is 7.66. The summed E-state index contributed by atoms with van der Waals surface area (Å²) in [7, 11) is 1.60. The molecule has 0 fully saturated rings. The van der Waals surface area contributed by atoms with Gasteiger partial charge in [0.2, 0.25) is 0 Å². The quantitative estimate of drug-likeness (QED) is 0.835. The third-order valence-corrected chi connectivity index (χ3v) is 2.11. The molecule has 0 aliphatic carbocycles. The minimum atomic E-state index is -0.384. The number of para-hydroxylation sites is 1. The number of rotatable bonds is 2. The van der Waals surface area contributed by atoms with Crippen molar-refractivity contribution in [1.29, 1.82) is 0 Å². The number of aromatic nitrogens is 2. The van der Waals surface area contributed by atoms with E-state index in [0.717, 1.165) is 0 Å². The summed E-state index contributed by atoms with van der Waals surface area (Å²) in [4.78, 5) is 15.3. The lowest BCUT2D eigenvalue weighted by Crippen LogP contribution is -2.16. The largest absolute Gasteiger partial charge is 0.338 e. The average molecular weight is 219 g/mol. The first kappa shape index (κ1) is 10.4. The highest BCUT2D eigenvalue weighted by Crippen LogP contribution is 2.16. The maximum absolute atomic E-state index is 13.3. The Labute approximate surface area is 91.4 Å². The molecule has 1 aromatic heterocycles. The van der Waals surface area contributed by atoms with Gasteiger partial charge in [-0.15, -0.1) is 0 Å². The normalized spacial score (nSPS) is 10.1. The molecule has 1 heterocycles. The SMILES string of the molecule is Cn1cnc(Nc2ccccc2F)cc1=O. The zero-order valence-corrected chi connectivity index (χ0v) is 8.64. The van der Waals surface area contributed by atoms with Gasteiger partial charge in [0.25, 0.3) is 5.56 Å². The van der Waals surface area contributed by atoms with Crippen LogP contribution in [-0.2, 0) is 7.05 Å². The van der Waals surface area contributed by atoms with Gasteiger partial charge in [0.15, 0.2) is 0 Å². The molecule has 0 unspecified atom stereocenters. The molecule has 0 radical (unpaired) electrons. The zero-order valence-electron chi connectivity index (χ0n) is 8.64. The molecule has 0 saturated heterocycles. The second-order valence-corrected chi connectivity index (χ2v) is 3.33. The Balaban J connectivity index is 2.31. The Bertz CT molecular complexity index is 565. The molecule has 0 saturated carbocycles. The van der Waals surface area contributed by atoms with Crippen LogP contribution in [0.4, 0.5) is 15.9 Å². The van der Waals surface area contributed by atoms with E-state index in [1.807, 2.05) is 0 Å². The van der Waals surface area contributed by atoms with E-state index in [-0.39, 0.29) is 11.4 Å². The predicted molar refractivity (Wildman–Crippen MR) is 59.2 cm³/mol. The van der Waals surface area contributed by atoms with Crippen LogP contribution in [0.5, 0.6) is 0 Å². The van der Waals surface area contributed by atoms with Gasteiger partial charge in [0.1, 0.15) is 11.6 Å². The lowest BCUT2D eigenvalue weighted by atomic mass is 10.3. The summed E-state index contributed by atoms with van der Waals surface area (Å²) in [6.45, 7) is 0. The highest BCUT2D eigenvalue weighted by Gasteiger charge is 2.02. The summed E-state index contributed by atoms with van der Waals surface area (Å²) in [6.07, 6.45) is 1.38. The number of hydrogen-bond donors (Lipinski definition) is 1. The highest BCUT2D eigenvalue weighted by atomic mass is 19.1. The van der Waals surface area contributed by atoms with Crippen LogP contribution in [0.1, 0.15) is 0 Å². The van der Waals surface area contributed by atoms with Crippen molar-refractivity contribution in [3.8, 4) is 0 Å². The van der Waals surface area contributed by atoms with Gasteiger partial charge in [-0.3, -0.25) is 4.79 Å². The summed E-state index contributed by atoms with van der Waals surface area (Å²) >= 11 is 0. The topological polar surface area (TPSA) is 46.9 Å². The Morgan fingerprint density at radius 3 is 2.81 bits per heavy atom. The molecule has 0 aliphatic heterocycles. The lowest BCUT2D eigenvalue weighted by molar-refractivity contribution is 0.631. The van der Waals surface area contributed by atoms with Crippen molar-refractivity contribution in [3.05, 3.63) is 52.8 Å². The number of nitrogens with zero attached hydrogens (tertiary/aromatic N) is 2. The first-order valence-electron chi connectivity index (χ1n) is 4.71. The molecule has 0 atom stereocenters. The second kappa shape index (κ2) is 4.14. The Morgan fingerprint density at radius 2 is 2.12 bits per heavy atom. The van der Waals surface area contributed by atoms with Crippen LogP contribution in [0.3, 0.4) is 0 Å². The fraction of sp³-hybridized carbons (Fsp3) is 0.0909. The fourth-order valence-electron chi connectivity index (χ4n) is 1.23. The molecule has 16 heavy (non-hydrogen) atoms. The minimum absolute atomic E-state index is 0.200. The van der Waals surface area contributed by atoms with Gasteiger partial charge in [-0.2, -0.15) is 0 Å². The first-order valence-corrected chi connectivity index (χ1v) is 4.71. The maximum Gasteiger partial charge on any atom is 0.255 e. The molecule has 0 spiro atoms. The van der Waals surface area contributed by atoms with Crippen molar-refractivity contribution in [2.75, 3.05) is 5.32 Å². The van der Waals surface area contributed by atoms with E-state index in [2.05, 4.69) is 10.3 Å². The van der Waals surface area contributed by atoms with E-state index in [1.54, 1.807) is 25.2 Å². The maximum atomic E-state index is 13.3. The van der Waals surface area contributed by atoms with Crippen LogP contribution >= 0.6 is 0 Å². The monoisotopic (exact) mass is 219 g/mol. The Hall–Kier alpha value is -2.17. The molecule has 2 rings (SSSR count). The van der Waals surface area contributed by atoms with E-state index in [9.17, 15) is 9.18 Å². The average Bonchev–Trinajstić information content (AvgIpc) is 2.27. The standard InChI is InChI=1S/C11H10FN3O/c1-15-7-13-10(6-11(15)16)14-9-5-3-2-4-8(9)12/h2-7,14H,1H3. The molecule has 1 aromatic carbocycles. The number of hydrogen-bond acceptors (Lipinski definition) is 3. The third kappa shape index (κ3) is 2.08. The van der Waals surface area contributed by atoms with Crippen LogP contribution in [-0.4, -0.2) is 9.55 Å². The zero-order chi connectivity index (χ0) is 11.5. The van der Waals surface area contributed by atoms with Crippen molar-refractivity contribution in [1.82, 2.24) is 9.55 Å². The number of nitrogens with one attached hydrogen (secondary N) is 1. The van der Waals surface area contributed by atoms with E-state index in [4.69, 9.17) is 0 Å². The minimum Gasteiger partial charge on any atom is -0.338 e. The van der Waals surface area contributed by atoms with Gasteiger partial charge in [0, 0.05) is 13.1 Å². The van der Waals surface area contributed by atoms with Gasteiger partial charge in [-0.25, -0.2) is 9.37 Å². The fourth-order valence-corrected chi connectivity index (χ4v) is 1.23. The highest BCUT2D eigenvalue weighted by molar-refractivity contribution is 5.55. The van der Waals surface area contributed by atoms with Gasteiger partial charge in [-0.05, 0) is 12.1 Å². The molecule has 5 heteroatoms. The molecule has 4 nitrogen and oxygen atoms in total. The van der Waals surface area contributed by atoms with Crippen molar-refractivity contribution >= 4 is 11.5 Å². The van der Waals surface area contributed by atoms with Crippen LogP contribution in [0, 0.1) is 5.82 Å². The molecule has 0 aliphatic rings. The molecule has 2 aromatic rings. The van der Waals surface area contributed by atoms with Gasteiger partial charge < -0.3 is 9.88 Å². The van der Waals surface area contributed by atoms with E-state index in [1.165, 1.54) is 23.0 Å². The van der Waals surface area contributed by atoms with Gasteiger partial charge in [0.05, 0.1) is 12.0 Å². The molecule has 82 valence electrons. The molecular formula is C11H10FN3O. The summed E-state index contributed by atoms with van der Waals surface area (Å²) in [5.41, 5.74) is 0.0945. The van der Waals surface area contributed by atoms with Crippen LogP contribution in [0.2, 0.25) is 0 Å². The second-order valence-electron chi connectivity index (χ2n) is 3.33. The Morgan fingerprint density at radius 1 is 1.38 bits per heavy atom. The van der Waals surface area contributed by atoms with E-state index in [0.29, 0.717) is 11.5 Å². The van der Waals surface area contributed by atoms with E-state index >= 15 is 0 Å². The lowest BCUT2D eigenvalue weighted by Gasteiger charge is -2.06. The molecule has 0 bridgehead atoms. The predicted octanol–water partition coefficient (Wildman–Crippen LogP) is 1.66. The summed E-state index contributed by atoms with van der Waals surface area (Å²) in [5, 5.41) is 2.74. The van der Waals surface area contributed by atoms with Crippen LogP contribution in [0.15, 0.2) is 41.5 Å². The molecule has 1 N–H and O–H groups in total. The smallest absolute Gasteiger partial charge is 0.255 e. The summed E-state index contributed by atoms with van der Waals surface area (Å²) < 4.78 is 14.6. The number of anilines is 2. The Kier molecular flexibility index (Phi) is 2.68. The van der Waals surface area contributed by atoms with Crippen LogP contribution in [0.25, 0.3) is 0 Å². The summed E-state index contributed by atoms with van der Waals surface area (Å²) in [6, 6.07) is 7.52. The third-order valence-electron chi connectivity index (χ3n) is 2.11. The van der Waals surface area contributed by atoms with Gasteiger partial charge in [-0.1, -0.05) is 12.1 Å². The van der Waals surface area contributed by atoms with E-state index < -0.39 is 0 Å². The van der Waals surface area contributed by atoms with Crippen molar-refractivity contribution in [2.45, 2.75) is 0 Å². The summed E-state index contributed by atoms with van der Waals surface area (Å²) in [5.74, 6) is -0.0572. The van der Waals surface area contributed by atoms with Crippen LogP contribution < -0.4 is 10.9 Å².